The number of benzene rings is 3. The van der Waals surface area contributed by atoms with Crippen LogP contribution in [0.15, 0.2) is 72.8 Å². The van der Waals surface area contributed by atoms with Crippen molar-refractivity contribution in [2.45, 2.75) is 20.1 Å². The molecular weight excluding hydrogens is 326 g/mol. The molecule has 0 aliphatic rings. The van der Waals surface area contributed by atoms with E-state index in [1.807, 2.05) is 42.5 Å². The summed E-state index contributed by atoms with van der Waals surface area (Å²) in [6.45, 7) is 3.24. The van der Waals surface area contributed by atoms with Crippen molar-refractivity contribution in [3.63, 3.8) is 0 Å². The van der Waals surface area contributed by atoms with Crippen LogP contribution in [-0.2, 0) is 13.2 Å². The number of carboxylic acids is 1. The van der Waals surface area contributed by atoms with Crippen molar-refractivity contribution < 1.29 is 14.6 Å². The van der Waals surface area contributed by atoms with Gasteiger partial charge in [-0.25, -0.2) is 4.79 Å². The van der Waals surface area contributed by atoms with Gasteiger partial charge in [-0.2, -0.15) is 0 Å². The third-order valence-electron chi connectivity index (χ3n) is 4.19. The lowest BCUT2D eigenvalue weighted by molar-refractivity contribution is 0.0697. The van der Waals surface area contributed by atoms with Crippen molar-refractivity contribution in [1.82, 2.24) is 0 Å². The molecule has 3 rings (SSSR count). The van der Waals surface area contributed by atoms with Crippen LogP contribution in [-0.4, -0.2) is 11.1 Å². The van der Waals surface area contributed by atoms with E-state index in [-0.39, 0.29) is 5.56 Å². The molecule has 0 atom stereocenters. The Morgan fingerprint density at radius 2 is 1.77 bits per heavy atom. The Bertz CT molecular complexity index is 888. The second-order valence-corrected chi connectivity index (χ2v) is 6.10. The van der Waals surface area contributed by atoms with E-state index in [4.69, 9.17) is 9.84 Å². The summed E-state index contributed by atoms with van der Waals surface area (Å²) in [5.74, 6) is -0.103. The molecule has 3 aromatic rings. The smallest absolute Gasteiger partial charge is 0.335 e. The van der Waals surface area contributed by atoms with Crippen LogP contribution in [0.25, 0.3) is 0 Å². The molecule has 0 aromatic heterocycles. The molecule has 3 aromatic carbocycles. The summed E-state index contributed by atoms with van der Waals surface area (Å²) < 4.78 is 5.85. The third-order valence-corrected chi connectivity index (χ3v) is 4.19. The van der Waals surface area contributed by atoms with Gasteiger partial charge in [-0.3, -0.25) is 0 Å². The van der Waals surface area contributed by atoms with Gasteiger partial charge in [-0.05, 0) is 53.9 Å². The van der Waals surface area contributed by atoms with E-state index in [1.165, 1.54) is 11.1 Å². The van der Waals surface area contributed by atoms with Crippen molar-refractivity contribution >= 4 is 11.7 Å². The highest BCUT2D eigenvalue weighted by Gasteiger charge is 2.03. The second kappa shape index (κ2) is 8.21. The van der Waals surface area contributed by atoms with Crippen LogP contribution in [0.1, 0.15) is 27.0 Å². The Kier molecular flexibility index (Phi) is 5.54. The van der Waals surface area contributed by atoms with Crippen LogP contribution in [0.2, 0.25) is 0 Å². The minimum atomic E-state index is -0.927. The lowest BCUT2D eigenvalue weighted by Gasteiger charge is -2.10. The van der Waals surface area contributed by atoms with Gasteiger partial charge in [0.1, 0.15) is 12.4 Å². The van der Waals surface area contributed by atoms with Gasteiger partial charge in [-0.15, -0.1) is 0 Å². The standard InChI is InChI=1S/C22H21NO3/c1-16-5-2-3-6-19(16)15-26-21-11-9-17(10-12-21)14-23-20-8-4-7-18(13-20)22(24)25/h2-13,23H,14-15H2,1H3,(H,24,25). The molecule has 0 amide bonds. The molecule has 0 heterocycles. The topological polar surface area (TPSA) is 58.6 Å². The minimum Gasteiger partial charge on any atom is -0.489 e. The first-order chi connectivity index (χ1) is 12.6. The zero-order chi connectivity index (χ0) is 18.4. The molecule has 4 nitrogen and oxygen atoms in total. The van der Waals surface area contributed by atoms with Gasteiger partial charge in [0, 0.05) is 12.2 Å². The van der Waals surface area contributed by atoms with Crippen molar-refractivity contribution in [2.75, 3.05) is 5.32 Å². The molecule has 0 aliphatic carbocycles. The van der Waals surface area contributed by atoms with Gasteiger partial charge in [0.05, 0.1) is 5.56 Å². The molecular formula is C22H21NO3. The van der Waals surface area contributed by atoms with E-state index in [9.17, 15) is 4.79 Å². The summed E-state index contributed by atoms with van der Waals surface area (Å²) in [5, 5.41) is 12.3. The molecule has 0 unspecified atom stereocenters. The van der Waals surface area contributed by atoms with Crippen LogP contribution >= 0.6 is 0 Å². The molecule has 0 radical (unpaired) electrons. The number of carboxylic acid groups (broad SMARTS) is 1. The number of carbonyl (C=O) groups is 1. The Morgan fingerprint density at radius 1 is 1.00 bits per heavy atom. The SMILES string of the molecule is Cc1ccccc1COc1ccc(CNc2cccc(C(=O)O)c2)cc1. The molecule has 0 bridgehead atoms. The number of hydrogen-bond acceptors (Lipinski definition) is 3. The summed E-state index contributed by atoms with van der Waals surface area (Å²) in [5.41, 5.74) is 4.54. The largest absolute Gasteiger partial charge is 0.489 e. The molecule has 132 valence electrons. The molecule has 0 spiro atoms. The molecule has 0 saturated heterocycles. The summed E-state index contributed by atoms with van der Waals surface area (Å²) in [4.78, 5) is 11.0. The number of nitrogens with one attached hydrogen (secondary N) is 1. The third kappa shape index (κ3) is 4.63. The fourth-order valence-electron chi connectivity index (χ4n) is 2.60. The number of aromatic carboxylic acids is 1. The molecule has 0 fully saturated rings. The maximum atomic E-state index is 11.0. The van der Waals surface area contributed by atoms with Crippen LogP contribution in [0.3, 0.4) is 0 Å². The van der Waals surface area contributed by atoms with Crippen LogP contribution in [0.5, 0.6) is 5.75 Å². The number of rotatable bonds is 7. The predicted molar refractivity (Wildman–Crippen MR) is 103 cm³/mol. The van der Waals surface area contributed by atoms with Gasteiger partial charge >= 0.3 is 5.97 Å². The molecule has 0 saturated carbocycles. The normalized spacial score (nSPS) is 10.3. The van der Waals surface area contributed by atoms with Gasteiger partial charge in [0.2, 0.25) is 0 Å². The second-order valence-electron chi connectivity index (χ2n) is 6.10. The summed E-state index contributed by atoms with van der Waals surface area (Å²) in [6.07, 6.45) is 0. The first-order valence-corrected chi connectivity index (χ1v) is 8.45. The van der Waals surface area contributed by atoms with Crippen molar-refractivity contribution in [2.24, 2.45) is 0 Å². The first kappa shape index (κ1) is 17.5. The highest BCUT2D eigenvalue weighted by molar-refractivity contribution is 5.88. The van der Waals surface area contributed by atoms with E-state index in [0.717, 1.165) is 17.0 Å². The zero-order valence-electron chi connectivity index (χ0n) is 14.6. The Labute approximate surface area is 153 Å². The maximum absolute atomic E-state index is 11.0. The number of aryl methyl sites for hydroxylation is 1. The maximum Gasteiger partial charge on any atom is 0.335 e. The Morgan fingerprint density at radius 3 is 2.50 bits per heavy atom. The monoisotopic (exact) mass is 347 g/mol. The van der Waals surface area contributed by atoms with Gasteiger partial charge in [-0.1, -0.05) is 42.5 Å². The van der Waals surface area contributed by atoms with Crippen LogP contribution in [0.4, 0.5) is 5.69 Å². The van der Waals surface area contributed by atoms with Crippen LogP contribution < -0.4 is 10.1 Å². The minimum absolute atomic E-state index is 0.273. The molecule has 4 heteroatoms. The molecule has 26 heavy (non-hydrogen) atoms. The quantitative estimate of drug-likeness (QED) is 0.639. The number of anilines is 1. The van der Waals surface area contributed by atoms with Crippen molar-refractivity contribution in [1.29, 1.82) is 0 Å². The highest BCUT2D eigenvalue weighted by Crippen LogP contribution is 2.17. The van der Waals surface area contributed by atoms with Crippen LogP contribution in [0, 0.1) is 6.92 Å². The fraction of sp³-hybridized carbons (Fsp3) is 0.136. The highest BCUT2D eigenvalue weighted by atomic mass is 16.5. The average molecular weight is 347 g/mol. The van der Waals surface area contributed by atoms with Crippen molar-refractivity contribution in [3.05, 3.63) is 95.1 Å². The lowest BCUT2D eigenvalue weighted by Crippen LogP contribution is -2.02. The Hall–Kier alpha value is -3.27. The summed E-state index contributed by atoms with van der Waals surface area (Å²) in [7, 11) is 0. The van der Waals surface area contributed by atoms with Gasteiger partial charge in [0.15, 0.2) is 0 Å². The van der Waals surface area contributed by atoms with E-state index in [2.05, 4.69) is 24.4 Å². The number of ether oxygens (including phenoxy) is 1. The fourth-order valence-corrected chi connectivity index (χ4v) is 2.60. The molecule has 2 N–H and O–H groups in total. The number of hydrogen-bond donors (Lipinski definition) is 2. The zero-order valence-corrected chi connectivity index (χ0v) is 14.6. The summed E-state index contributed by atoms with van der Waals surface area (Å²) >= 11 is 0. The van der Waals surface area contributed by atoms with Gasteiger partial charge in [0.25, 0.3) is 0 Å². The van der Waals surface area contributed by atoms with Gasteiger partial charge < -0.3 is 15.2 Å². The van der Waals surface area contributed by atoms with Crippen molar-refractivity contribution in [3.8, 4) is 5.75 Å². The van der Waals surface area contributed by atoms with E-state index in [1.54, 1.807) is 18.2 Å². The Balaban J connectivity index is 1.55. The van der Waals surface area contributed by atoms with E-state index >= 15 is 0 Å². The lowest BCUT2D eigenvalue weighted by atomic mass is 10.1. The predicted octanol–water partition coefficient (Wildman–Crippen LogP) is 4.88. The average Bonchev–Trinajstić information content (AvgIpc) is 2.67. The first-order valence-electron chi connectivity index (χ1n) is 8.45. The molecule has 0 aliphatic heterocycles. The summed E-state index contributed by atoms with van der Waals surface area (Å²) in [6, 6.07) is 22.9. The van der Waals surface area contributed by atoms with E-state index in [0.29, 0.717) is 13.2 Å². The van der Waals surface area contributed by atoms with E-state index < -0.39 is 5.97 Å².